The van der Waals surface area contributed by atoms with E-state index >= 15 is 0 Å². The molecule has 0 atom stereocenters. The molecule has 2 aromatic heterocycles. The van der Waals surface area contributed by atoms with Gasteiger partial charge in [-0.25, -0.2) is 4.98 Å². The molecule has 0 saturated heterocycles. The first-order valence-corrected chi connectivity index (χ1v) is 10.5. The normalized spacial score (nSPS) is 10.6. The van der Waals surface area contributed by atoms with Crippen molar-refractivity contribution < 1.29 is 9.59 Å². The zero-order chi connectivity index (χ0) is 20.1. The van der Waals surface area contributed by atoms with Gasteiger partial charge >= 0.3 is 0 Å². The Kier molecular flexibility index (Phi) is 6.56. The van der Waals surface area contributed by atoms with E-state index < -0.39 is 5.91 Å². The molecule has 0 aliphatic carbocycles. The number of primary amides is 1. The Balaban J connectivity index is 1.72. The fraction of sp³-hybridized carbons (Fsp3) is 0.105. The number of allylic oxidation sites excluding steroid dienone is 1. The Morgan fingerprint density at radius 1 is 1.32 bits per heavy atom. The average Bonchev–Trinajstić information content (AvgIpc) is 3.28. The van der Waals surface area contributed by atoms with Crippen LogP contribution < -0.4 is 11.1 Å². The molecular weight excluding hydrogens is 416 g/mol. The van der Waals surface area contributed by atoms with E-state index in [1.165, 1.54) is 23.1 Å². The zero-order valence-electron chi connectivity index (χ0n) is 14.7. The Labute approximate surface area is 175 Å². The van der Waals surface area contributed by atoms with Crippen LogP contribution in [0, 0.1) is 0 Å². The number of halogens is 1. The lowest BCUT2D eigenvalue weighted by Crippen LogP contribution is -2.18. The molecule has 0 fully saturated rings. The molecule has 2 heterocycles. The number of amides is 2. The number of thiophene rings is 1. The lowest BCUT2D eigenvalue weighted by atomic mass is 10.2. The van der Waals surface area contributed by atoms with Crippen LogP contribution in [0.15, 0.2) is 59.7 Å². The molecule has 3 rings (SSSR count). The summed E-state index contributed by atoms with van der Waals surface area (Å²) in [7, 11) is 0. The van der Waals surface area contributed by atoms with Crippen LogP contribution in [0.25, 0.3) is 11.3 Å². The third-order valence-corrected chi connectivity index (χ3v) is 5.86. The number of imidazole rings is 1. The number of thioether (sulfide) groups is 1. The molecule has 0 spiro atoms. The molecule has 0 aliphatic heterocycles. The Morgan fingerprint density at radius 2 is 2.07 bits per heavy atom. The van der Waals surface area contributed by atoms with Crippen molar-refractivity contribution in [2.75, 3.05) is 11.1 Å². The fourth-order valence-electron chi connectivity index (χ4n) is 2.52. The predicted octanol–water partition coefficient (Wildman–Crippen LogP) is 4.28. The Morgan fingerprint density at radius 3 is 2.75 bits per heavy atom. The van der Waals surface area contributed by atoms with Gasteiger partial charge in [-0.1, -0.05) is 41.6 Å². The van der Waals surface area contributed by atoms with Crippen LogP contribution in [0.2, 0.25) is 5.02 Å². The summed E-state index contributed by atoms with van der Waals surface area (Å²) >= 11 is 8.52. The van der Waals surface area contributed by atoms with E-state index in [9.17, 15) is 9.59 Å². The maximum atomic E-state index is 12.3. The molecule has 144 valence electrons. The molecule has 28 heavy (non-hydrogen) atoms. The van der Waals surface area contributed by atoms with Crippen molar-refractivity contribution in [3.8, 4) is 11.3 Å². The van der Waals surface area contributed by atoms with E-state index in [0.717, 1.165) is 11.3 Å². The van der Waals surface area contributed by atoms with Gasteiger partial charge < -0.3 is 15.6 Å². The van der Waals surface area contributed by atoms with Crippen molar-refractivity contribution in [1.29, 1.82) is 0 Å². The SMILES string of the molecule is C=CCn1c(-c2ccc(Cl)cc2)cnc1SCC(=O)Nc1sccc1C(N)=O. The number of anilines is 1. The number of benzene rings is 1. The van der Waals surface area contributed by atoms with Gasteiger partial charge in [-0.15, -0.1) is 17.9 Å². The van der Waals surface area contributed by atoms with Gasteiger partial charge in [0, 0.05) is 11.6 Å². The highest BCUT2D eigenvalue weighted by Crippen LogP contribution is 2.28. The number of hydrogen-bond donors (Lipinski definition) is 2. The van der Waals surface area contributed by atoms with Crippen molar-refractivity contribution in [2.24, 2.45) is 5.73 Å². The minimum atomic E-state index is -0.571. The number of rotatable bonds is 8. The molecule has 3 aromatic rings. The third-order valence-electron chi connectivity index (χ3n) is 3.79. The molecule has 2 amide bonds. The summed E-state index contributed by atoms with van der Waals surface area (Å²) in [5, 5.41) is 6.24. The van der Waals surface area contributed by atoms with Crippen molar-refractivity contribution in [1.82, 2.24) is 9.55 Å². The first-order valence-electron chi connectivity index (χ1n) is 8.22. The van der Waals surface area contributed by atoms with Crippen LogP contribution in [-0.2, 0) is 11.3 Å². The lowest BCUT2D eigenvalue weighted by Gasteiger charge is -2.10. The summed E-state index contributed by atoms with van der Waals surface area (Å²) in [6.07, 6.45) is 3.54. The minimum Gasteiger partial charge on any atom is -0.366 e. The first-order chi connectivity index (χ1) is 13.5. The second-order valence-corrected chi connectivity index (χ2v) is 7.99. The van der Waals surface area contributed by atoms with Gasteiger partial charge in [0.25, 0.3) is 5.91 Å². The van der Waals surface area contributed by atoms with Crippen LogP contribution in [-0.4, -0.2) is 27.1 Å². The number of nitrogens with two attached hydrogens (primary N) is 1. The number of aromatic nitrogens is 2. The smallest absolute Gasteiger partial charge is 0.251 e. The first kappa shape index (κ1) is 20.2. The predicted molar refractivity (Wildman–Crippen MR) is 115 cm³/mol. The summed E-state index contributed by atoms with van der Waals surface area (Å²) in [6.45, 7) is 4.35. The third kappa shape index (κ3) is 4.64. The molecule has 6 nitrogen and oxygen atoms in total. The van der Waals surface area contributed by atoms with E-state index in [0.29, 0.717) is 27.3 Å². The molecule has 0 saturated carbocycles. The Bertz CT molecular complexity index is 1010. The van der Waals surface area contributed by atoms with Crippen LogP contribution in [0.1, 0.15) is 10.4 Å². The second kappa shape index (κ2) is 9.09. The van der Waals surface area contributed by atoms with Crippen molar-refractivity contribution >= 4 is 51.5 Å². The molecular formula is C19H17ClN4O2S2. The van der Waals surface area contributed by atoms with Gasteiger partial charge in [-0.2, -0.15) is 0 Å². The van der Waals surface area contributed by atoms with Crippen LogP contribution in [0.3, 0.4) is 0 Å². The quantitative estimate of drug-likeness (QED) is 0.410. The zero-order valence-corrected chi connectivity index (χ0v) is 17.1. The van der Waals surface area contributed by atoms with Crippen molar-refractivity contribution in [2.45, 2.75) is 11.7 Å². The highest BCUT2D eigenvalue weighted by molar-refractivity contribution is 7.99. The van der Waals surface area contributed by atoms with E-state index in [1.807, 2.05) is 28.8 Å². The molecule has 0 radical (unpaired) electrons. The summed E-state index contributed by atoms with van der Waals surface area (Å²) in [5.41, 5.74) is 7.49. The summed E-state index contributed by atoms with van der Waals surface area (Å²) in [4.78, 5) is 28.1. The topological polar surface area (TPSA) is 90.0 Å². The monoisotopic (exact) mass is 432 g/mol. The molecule has 0 bridgehead atoms. The second-order valence-electron chi connectivity index (χ2n) is 5.70. The van der Waals surface area contributed by atoms with E-state index in [2.05, 4.69) is 16.9 Å². The van der Waals surface area contributed by atoms with E-state index in [4.69, 9.17) is 17.3 Å². The number of hydrogen-bond acceptors (Lipinski definition) is 5. The van der Waals surface area contributed by atoms with Crippen molar-refractivity contribution in [3.05, 3.63) is 65.1 Å². The van der Waals surface area contributed by atoms with Gasteiger partial charge in [0.15, 0.2) is 5.16 Å². The summed E-state index contributed by atoms with van der Waals surface area (Å²) in [6, 6.07) is 9.06. The van der Waals surface area contributed by atoms with Gasteiger partial charge in [0.05, 0.1) is 23.2 Å². The van der Waals surface area contributed by atoms with Gasteiger partial charge in [-0.05, 0) is 29.1 Å². The van der Waals surface area contributed by atoms with Crippen LogP contribution >= 0.6 is 34.7 Å². The van der Waals surface area contributed by atoms with Crippen LogP contribution in [0.5, 0.6) is 0 Å². The number of nitrogens with zero attached hydrogens (tertiary/aromatic N) is 2. The number of nitrogens with one attached hydrogen (secondary N) is 1. The Hall–Kier alpha value is -2.55. The van der Waals surface area contributed by atoms with E-state index in [-0.39, 0.29) is 11.7 Å². The largest absolute Gasteiger partial charge is 0.366 e. The highest BCUT2D eigenvalue weighted by atomic mass is 35.5. The van der Waals surface area contributed by atoms with E-state index in [1.54, 1.807) is 23.7 Å². The summed E-state index contributed by atoms with van der Waals surface area (Å²) < 4.78 is 1.98. The maximum absolute atomic E-state index is 12.3. The lowest BCUT2D eigenvalue weighted by molar-refractivity contribution is -0.113. The maximum Gasteiger partial charge on any atom is 0.251 e. The standard InChI is InChI=1S/C19H17ClN4O2S2/c1-2-8-24-15(12-3-5-13(20)6-4-12)10-22-19(24)28-11-16(25)23-18-14(17(21)26)7-9-27-18/h2-7,9-10H,1,8,11H2,(H2,21,26)(H,23,25). The molecule has 0 aliphatic rings. The average molecular weight is 433 g/mol. The van der Waals surface area contributed by atoms with Crippen LogP contribution in [0.4, 0.5) is 5.00 Å². The van der Waals surface area contributed by atoms with Gasteiger partial charge in [0.2, 0.25) is 5.91 Å². The highest BCUT2D eigenvalue weighted by Gasteiger charge is 2.15. The number of carbonyl (C=O) groups excluding carboxylic acids is 2. The molecule has 3 N–H and O–H groups in total. The fourth-order valence-corrected chi connectivity index (χ4v) is 4.25. The molecule has 0 unspecified atom stereocenters. The summed E-state index contributed by atoms with van der Waals surface area (Å²) in [5.74, 6) is -0.667. The van der Waals surface area contributed by atoms with Crippen molar-refractivity contribution in [3.63, 3.8) is 0 Å². The van der Waals surface area contributed by atoms with Gasteiger partial charge in [0.1, 0.15) is 5.00 Å². The minimum absolute atomic E-state index is 0.143. The van der Waals surface area contributed by atoms with Gasteiger partial charge in [-0.3, -0.25) is 9.59 Å². The molecule has 1 aromatic carbocycles. The number of carbonyl (C=O) groups is 2. The molecule has 9 heteroatoms.